The number of anilines is 2. The molecule has 4 heterocycles. The molecule has 3 aromatic heterocycles. The number of aromatic amines is 1. The monoisotopic (exact) mass is 427 g/mol. The number of nitrogens with one attached hydrogen (secondary N) is 3. The van der Waals surface area contributed by atoms with Crippen LogP contribution < -0.4 is 15.6 Å². The highest BCUT2D eigenvalue weighted by molar-refractivity contribution is 5.91. The Kier molecular flexibility index (Phi) is 6.08. The lowest BCUT2D eigenvalue weighted by Gasteiger charge is -2.10. The number of hydrogen-bond donors (Lipinski definition) is 3. The minimum Gasteiger partial charge on any atom is -0.320 e. The third-order valence-electron chi connectivity index (χ3n) is 4.90. The summed E-state index contributed by atoms with van der Waals surface area (Å²) >= 11 is 0. The number of para-hydroxylation sites is 1. The van der Waals surface area contributed by atoms with Crippen LogP contribution in [0.25, 0.3) is 16.6 Å². The van der Waals surface area contributed by atoms with Crippen LogP contribution in [0.1, 0.15) is 31.7 Å². The van der Waals surface area contributed by atoms with Gasteiger partial charge >= 0.3 is 5.88 Å². The van der Waals surface area contributed by atoms with E-state index >= 15 is 0 Å². The lowest BCUT2D eigenvalue weighted by atomic mass is 10.1. The molecule has 1 aliphatic rings. The van der Waals surface area contributed by atoms with Gasteiger partial charge in [-0.15, -0.1) is 0 Å². The first-order chi connectivity index (χ1) is 15.1. The topological polar surface area (TPSA) is 92.2 Å². The fourth-order valence-electron chi connectivity index (χ4n) is 3.28. The Hall–Kier alpha value is -3.53. The summed E-state index contributed by atoms with van der Waals surface area (Å²) in [7, 11) is 0. The SMILES string of the molecule is C1=CCNCC1.CC(C)c1cnn2c(Nc3n[nH]c4ccccc34)c(F)c(OF)nc12. The van der Waals surface area contributed by atoms with E-state index in [1.807, 2.05) is 38.1 Å². The second-order valence-electron chi connectivity index (χ2n) is 7.35. The van der Waals surface area contributed by atoms with E-state index in [-0.39, 0.29) is 11.7 Å². The van der Waals surface area contributed by atoms with Crippen molar-refractivity contribution < 1.29 is 13.9 Å². The summed E-state index contributed by atoms with van der Waals surface area (Å²) in [6.07, 6.45) is 7.14. The molecular formula is C21H23F2N7O. The van der Waals surface area contributed by atoms with Gasteiger partial charge in [0.05, 0.1) is 11.7 Å². The zero-order valence-corrected chi connectivity index (χ0v) is 17.2. The second kappa shape index (κ2) is 9.09. The summed E-state index contributed by atoms with van der Waals surface area (Å²) in [5.74, 6) is -1.41. The van der Waals surface area contributed by atoms with Crippen molar-refractivity contribution in [2.75, 3.05) is 18.4 Å². The molecule has 8 nitrogen and oxygen atoms in total. The van der Waals surface area contributed by atoms with E-state index < -0.39 is 11.7 Å². The van der Waals surface area contributed by atoms with Crippen molar-refractivity contribution in [1.82, 2.24) is 30.1 Å². The molecule has 0 aliphatic carbocycles. The van der Waals surface area contributed by atoms with Gasteiger partial charge in [-0.2, -0.15) is 24.1 Å². The number of rotatable bonds is 4. The molecular weight excluding hydrogens is 404 g/mol. The van der Waals surface area contributed by atoms with Crippen molar-refractivity contribution in [1.29, 1.82) is 0 Å². The maximum atomic E-state index is 14.6. The Labute approximate surface area is 177 Å². The lowest BCUT2D eigenvalue weighted by molar-refractivity contribution is -0.0162. The van der Waals surface area contributed by atoms with Gasteiger partial charge in [-0.05, 0) is 31.0 Å². The summed E-state index contributed by atoms with van der Waals surface area (Å²) in [5, 5.41) is 18.0. The van der Waals surface area contributed by atoms with Crippen LogP contribution in [0.4, 0.5) is 20.6 Å². The van der Waals surface area contributed by atoms with Gasteiger partial charge in [0.1, 0.15) is 0 Å². The van der Waals surface area contributed by atoms with Crippen LogP contribution in [0, 0.1) is 5.82 Å². The van der Waals surface area contributed by atoms with Gasteiger partial charge in [-0.1, -0.05) is 38.1 Å². The van der Waals surface area contributed by atoms with Crippen LogP contribution in [-0.4, -0.2) is 37.9 Å². The fourth-order valence-corrected chi connectivity index (χ4v) is 3.28. The first-order valence-corrected chi connectivity index (χ1v) is 10.0. The van der Waals surface area contributed by atoms with Crippen molar-refractivity contribution >= 4 is 28.2 Å². The summed E-state index contributed by atoms with van der Waals surface area (Å²) in [4.78, 5) is 7.50. The fraction of sp³-hybridized carbons (Fsp3) is 0.286. The Balaban J connectivity index is 0.000000334. The number of hydrogen-bond acceptors (Lipinski definition) is 6. The summed E-state index contributed by atoms with van der Waals surface area (Å²) in [6, 6.07) is 7.36. The van der Waals surface area contributed by atoms with Gasteiger partial charge in [-0.25, -0.2) is 0 Å². The number of H-pyrrole nitrogens is 1. The first kappa shape index (κ1) is 20.7. The molecule has 162 valence electrons. The van der Waals surface area contributed by atoms with E-state index in [1.165, 1.54) is 10.9 Å². The lowest BCUT2D eigenvalue weighted by Crippen LogP contribution is -2.17. The average molecular weight is 427 g/mol. The third-order valence-corrected chi connectivity index (χ3v) is 4.90. The number of nitrogens with zero attached hydrogens (tertiary/aromatic N) is 4. The van der Waals surface area contributed by atoms with Crippen LogP contribution in [0.2, 0.25) is 0 Å². The van der Waals surface area contributed by atoms with E-state index in [9.17, 15) is 8.92 Å². The van der Waals surface area contributed by atoms with Crippen LogP contribution >= 0.6 is 0 Å². The molecule has 0 amide bonds. The molecule has 4 aromatic rings. The minimum atomic E-state index is -1.000. The van der Waals surface area contributed by atoms with Crippen molar-refractivity contribution in [2.45, 2.75) is 26.2 Å². The maximum Gasteiger partial charge on any atom is 0.304 e. The van der Waals surface area contributed by atoms with Crippen LogP contribution in [0.3, 0.4) is 0 Å². The highest BCUT2D eigenvalue weighted by Crippen LogP contribution is 2.31. The average Bonchev–Trinajstić information content (AvgIpc) is 3.41. The molecule has 0 spiro atoms. The molecule has 1 aromatic carbocycles. The molecule has 0 fully saturated rings. The third kappa shape index (κ3) is 4.19. The van der Waals surface area contributed by atoms with Gasteiger partial charge in [-0.3, -0.25) is 10.0 Å². The van der Waals surface area contributed by atoms with E-state index in [2.05, 4.69) is 48.0 Å². The molecule has 0 bridgehead atoms. The van der Waals surface area contributed by atoms with Crippen molar-refractivity contribution in [3.8, 4) is 5.88 Å². The van der Waals surface area contributed by atoms with E-state index in [0.29, 0.717) is 11.5 Å². The Morgan fingerprint density at radius 3 is 2.71 bits per heavy atom. The van der Waals surface area contributed by atoms with Crippen molar-refractivity contribution in [2.24, 2.45) is 0 Å². The van der Waals surface area contributed by atoms with Gasteiger partial charge in [0.25, 0.3) is 0 Å². The van der Waals surface area contributed by atoms with E-state index in [4.69, 9.17) is 0 Å². The Morgan fingerprint density at radius 2 is 2.06 bits per heavy atom. The molecule has 10 heteroatoms. The van der Waals surface area contributed by atoms with Crippen molar-refractivity contribution in [3.63, 3.8) is 0 Å². The molecule has 0 saturated carbocycles. The largest absolute Gasteiger partial charge is 0.320 e. The van der Waals surface area contributed by atoms with Crippen LogP contribution in [0.5, 0.6) is 5.88 Å². The molecule has 31 heavy (non-hydrogen) atoms. The molecule has 0 saturated heterocycles. The highest BCUT2D eigenvalue weighted by Gasteiger charge is 2.22. The molecule has 0 unspecified atom stereocenters. The predicted molar refractivity (Wildman–Crippen MR) is 115 cm³/mol. The maximum absolute atomic E-state index is 14.6. The number of benzene rings is 1. The summed E-state index contributed by atoms with van der Waals surface area (Å²) in [5.41, 5.74) is 1.83. The quantitative estimate of drug-likeness (QED) is 0.418. The smallest absolute Gasteiger partial charge is 0.304 e. The molecule has 0 atom stereocenters. The van der Waals surface area contributed by atoms with E-state index in [0.717, 1.165) is 29.6 Å². The molecule has 1 aliphatic heterocycles. The van der Waals surface area contributed by atoms with Gasteiger partial charge in [0.15, 0.2) is 17.3 Å². The van der Waals surface area contributed by atoms with Crippen molar-refractivity contribution in [3.05, 3.63) is 54.0 Å². The Bertz CT molecular complexity index is 1210. The highest BCUT2D eigenvalue weighted by atomic mass is 19.3. The van der Waals surface area contributed by atoms with Crippen LogP contribution in [-0.2, 0) is 0 Å². The van der Waals surface area contributed by atoms with Gasteiger partial charge in [0, 0.05) is 22.0 Å². The minimum absolute atomic E-state index is 0.0713. The second-order valence-corrected chi connectivity index (χ2v) is 7.35. The zero-order valence-electron chi connectivity index (χ0n) is 17.2. The number of fused-ring (bicyclic) bond motifs is 2. The van der Waals surface area contributed by atoms with Gasteiger partial charge in [0.2, 0.25) is 5.82 Å². The zero-order chi connectivity index (χ0) is 21.8. The normalized spacial score (nSPS) is 13.5. The first-order valence-electron chi connectivity index (χ1n) is 10.0. The van der Waals surface area contributed by atoms with Gasteiger partial charge < -0.3 is 10.6 Å². The Morgan fingerprint density at radius 1 is 1.23 bits per heavy atom. The number of aromatic nitrogens is 5. The standard InChI is InChI=1S/C16H14F2N6O.C5H9N/c1-8(2)10-7-19-24-14(10)21-16(25-18)12(17)15(24)20-13-9-5-3-4-6-11(9)22-23-13;1-2-4-6-5-3-1/h3-8H,1-2H3,(H2,20,22,23);1-2,6H,3-5H2. The number of halogens is 2. The molecule has 3 N–H and O–H groups in total. The summed E-state index contributed by atoms with van der Waals surface area (Å²) in [6.45, 7) is 6.11. The molecule has 5 rings (SSSR count). The molecule has 0 radical (unpaired) electrons. The summed E-state index contributed by atoms with van der Waals surface area (Å²) < 4.78 is 28.7. The van der Waals surface area contributed by atoms with E-state index in [1.54, 1.807) is 6.20 Å². The predicted octanol–water partition coefficient (Wildman–Crippen LogP) is 4.41. The van der Waals surface area contributed by atoms with Crippen LogP contribution in [0.15, 0.2) is 42.6 Å².